The van der Waals surface area contributed by atoms with Crippen molar-refractivity contribution in [2.75, 3.05) is 11.5 Å². The first-order chi connectivity index (χ1) is 13.2. The Bertz CT molecular complexity index is 1130. The van der Waals surface area contributed by atoms with Gasteiger partial charge in [-0.3, -0.25) is 14.1 Å². The Labute approximate surface area is 161 Å². The van der Waals surface area contributed by atoms with E-state index in [0.29, 0.717) is 22.5 Å². The van der Waals surface area contributed by atoms with Crippen LogP contribution in [-0.4, -0.2) is 24.5 Å². The molecule has 0 radical (unpaired) electrons. The van der Waals surface area contributed by atoms with E-state index in [-0.39, 0.29) is 27.6 Å². The highest BCUT2D eigenvalue weighted by Crippen LogP contribution is 2.33. The Balaban J connectivity index is 0.000000192. The molecule has 0 saturated carbocycles. The van der Waals surface area contributed by atoms with Gasteiger partial charge in [-0.05, 0) is 24.3 Å². The SMILES string of the molecule is Nc1cccc2c1C(=O)c1cccc(N)c1C2=O.O=S(=O)(O)c1ccccc1. The fraction of sp³-hybridized carbons (Fsp3) is 0. The quantitative estimate of drug-likeness (QED) is 0.332. The van der Waals surface area contributed by atoms with Gasteiger partial charge >= 0.3 is 0 Å². The summed E-state index contributed by atoms with van der Waals surface area (Å²) in [5.74, 6) is -0.491. The minimum absolute atomic E-state index is 0.0741. The number of rotatable bonds is 1. The highest BCUT2D eigenvalue weighted by molar-refractivity contribution is 7.85. The van der Waals surface area contributed by atoms with Crippen molar-refractivity contribution in [3.8, 4) is 0 Å². The van der Waals surface area contributed by atoms with Crippen molar-refractivity contribution in [2.45, 2.75) is 4.90 Å². The summed E-state index contributed by atoms with van der Waals surface area (Å²) in [6, 6.07) is 17.2. The van der Waals surface area contributed by atoms with Crippen LogP contribution in [0.4, 0.5) is 11.4 Å². The molecule has 0 atom stereocenters. The molecule has 0 spiro atoms. The highest BCUT2D eigenvalue weighted by atomic mass is 32.2. The molecule has 1 aliphatic carbocycles. The van der Waals surface area contributed by atoms with Crippen molar-refractivity contribution in [2.24, 2.45) is 0 Å². The summed E-state index contributed by atoms with van der Waals surface area (Å²) < 4.78 is 29.2. The molecule has 5 N–H and O–H groups in total. The van der Waals surface area contributed by atoms with Crippen LogP contribution in [0.25, 0.3) is 0 Å². The van der Waals surface area contributed by atoms with Gasteiger partial charge in [0.1, 0.15) is 0 Å². The maximum absolute atomic E-state index is 12.3. The van der Waals surface area contributed by atoms with E-state index >= 15 is 0 Å². The lowest BCUT2D eigenvalue weighted by Crippen LogP contribution is -2.23. The summed E-state index contributed by atoms with van der Waals surface area (Å²) in [7, 11) is -4.00. The lowest BCUT2D eigenvalue weighted by molar-refractivity contribution is 0.0980. The number of benzene rings is 3. The van der Waals surface area contributed by atoms with E-state index in [1.54, 1.807) is 54.6 Å². The smallest absolute Gasteiger partial charge is 0.294 e. The number of fused-ring (bicyclic) bond motifs is 2. The van der Waals surface area contributed by atoms with Crippen molar-refractivity contribution >= 4 is 33.1 Å². The number of carbonyl (C=O) groups is 2. The molecule has 0 amide bonds. The van der Waals surface area contributed by atoms with Gasteiger partial charge in [0.2, 0.25) is 0 Å². The van der Waals surface area contributed by atoms with Crippen LogP contribution >= 0.6 is 0 Å². The second-order valence-corrected chi connectivity index (χ2v) is 7.41. The molecule has 0 aromatic heterocycles. The zero-order chi connectivity index (χ0) is 20.5. The van der Waals surface area contributed by atoms with E-state index in [1.165, 1.54) is 12.1 Å². The molecule has 0 saturated heterocycles. The number of nitrogen functional groups attached to an aromatic ring is 2. The number of hydrogen-bond acceptors (Lipinski definition) is 6. The van der Waals surface area contributed by atoms with E-state index in [4.69, 9.17) is 16.0 Å². The van der Waals surface area contributed by atoms with Crippen LogP contribution in [0.1, 0.15) is 31.8 Å². The summed E-state index contributed by atoms with van der Waals surface area (Å²) in [5, 5.41) is 0. The van der Waals surface area contributed by atoms with E-state index < -0.39 is 10.1 Å². The summed E-state index contributed by atoms with van der Waals surface area (Å²) >= 11 is 0. The van der Waals surface area contributed by atoms with Crippen LogP contribution in [0, 0.1) is 0 Å². The average molecular weight is 396 g/mol. The van der Waals surface area contributed by atoms with Crippen molar-refractivity contribution in [3.63, 3.8) is 0 Å². The molecule has 0 fully saturated rings. The standard InChI is InChI=1S/C14H10N2O2.C6H6O3S/c15-9-5-1-3-7-11(9)14(18)8-4-2-6-10(16)12(8)13(7)17;7-10(8,9)6-4-2-1-3-5-6/h1-6H,15-16H2;1-5H,(H,7,8,9). The third-order valence-corrected chi connectivity index (χ3v) is 5.05. The topological polar surface area (TPSA) is 141 Å². The van der Waals surface area contributed by atoms with Gasteiger partial charge in [0.25, 0.3) is 10.1 Å². The zero-order valence-electron chi connectivity index (χ0n) is 14.5. The van der Waals surface area contributed by atoms with Crippen LogP contribution in [-0.2, 0) is 10.1 Å². The second-order valence-electron chi connectivity index (χ2n) is 5.99. The molecule has 4 rings (SSSR count). The predicted octanol–water partition coefficient (Wildman–Crippen LogP) is 2.56. The number of ketones is 2. The molecule has 0 aliphatic heterocycles. The number of hydrogen-bond donors (Lipinski definition) is 3. The second kappa shape index (κ2) is 7.26. The normalized spacial score (nSPS) is 12.5. The van der Waals surface area contributed by atoms with Gasteiger partial charge in [0.05, 0.1) is 16.0 Å². The van der Waals surface area contributed by atoms with Crippen molar-refractivity contribution < 1.29 is 22.6 Å². The van der Waals surface area contributed by atoms with Gasteiger partial charge in [0, 0.05) is 22.5 Å². The molecule has 8 heteroatoms. The van der Waals surface area contributed by atoms with Crippen molar-refractivity contribution in [3.05, 3.63) is 89.0 Å². The maximum Gasteiger partial charge on any atom is 0.294 e. The van der Waals surface area contributed by atoms with Gasteiger partial charge in [-0.1, -0.05) is 42.5 Å². The summed E-state index contributed by atoms with van der Waals surface area (Å²) in [4.78, 5) is 24.6. The largest absolute Gasteiger partial charge is 0.398 e. The molecule has 3 aromatic rings. The molecule has 28 heavy (non-hydrogen) atoms. The lowest BCUT2D eigenvalue weighted by atomic mass is 9.82. The van der Waals surface area contributed by atoms with E-state index in [0.717, 1.165) is 0 Å². The molecule has 142 valence electrons. The third-order valence-electron chi connectivity index (χ3n) is 4.18. The Morgan fingerprint density at radius 1 is 0.643 bits per heavy atom. The highest BCUT2D eigenvalue weighted by Gasteiger charge is 2.32. The molecule has 3 aromatic carbocycles. The van der Waals surface area contributed by atoms with Crippen LogP contribution in [0.15, 0.2) is 71.6 Å². The first-order valence-corrected chi connectivity index (χ1v) is 9.54. The molecule has 7 nitrogen and oxygen atoms in total. The van der Waals surface area contributed by atoms with Crippen LogP contribution in [0.3, 0.4) is 0 Å². The molecule has 0 heterocycles. The molecule has 1 aliphatic rings. The average Bonchev–Trinajstić information content (AvgIpc) is 2.66. The number of carbonyl (C=O) groups excluding carboxylic acids is 2. The Morgan fingerprint density at radius 2 is 1.07 bits per heavy atom. The minimum atomic E-state index is -4.00. The van der Waals surface area contributed by atoms with Gasteiger partial charge in [-0.2, -0.15) is 8.42 Å². The van der Waals surface area contributed by atoms with Gasteiger partial charge in [0.15, 0.2) is 11.6 Å². The number of anilines is 2. The number of nitrogens with two attached hydrogens (primary N) is 2. The Morgan fingerprint density at radius 3 is 1.43 bits per heavy atom. The fourth-order valence-electron chi connectivity index (χ4n) is 2.89. The lowest BCUT2D eigenvalue weighted by Gasteiger charge is -2.19. The van der Waals surface area contributed by atoms with Crippen LogP contribution in [0.5, 0.6) is 0 Å². The Hall–Kier alpha value is -3.49. The van der Waals surface area contributed by atoms with Crippen LogP contribution < -0.4 is 11.5 Å². The minimum Gasteiger partial charge on any atom is -0.398 e. The van der Waals surface area contributed by atoms with E-state index in [1.807, 2.05) is 0 Å². The maximum atomic E-state index is 12.3. The van der Waals surface area contributed by atoms with Gasteiger partial charge in [-0.25, -0.2) is 0 Å². The van der Waals surface area contributed by atoms with Crippen molar-refractivity contribution in [1.29, 1.82) is 0 Å². The fourth-order valence-corrected chi connectivity index (χ4v) is 3.39. The van der Waals surface area contributed by atoms with E-state index in [9.17, 15) is 18.0 Å². The first kappa shape index (κ1) is 19.3. The van der Waals surface area contributed by atoms with Crippen molar-refractivity contribution in [1.82, 2.24) is 0 Å². The molecular weight excluding hydrogens is 380 g/mol. The summed E-state index contributed by atoms with van der Waals surface area (Å²) in [5.41, 5.74) is 13.4. The van der Waals surface area contributed by atoms with E-state index in [2.05, 4.69) is 0 Å². The Kier molecular flexibility index (Phi) is 5.00. The predicted molar refractivity (Wildman–Crippen MR) is 105 cm³/mol. The van der Waals surface area contributed by atoms with Gasteiger partial charge in [-0.15, -0.1) is 0 Å². The first-order valence-electron chi connectivity index (χ1n) is 8.10. The summed E-state index contributed by atoms with van der Waals surface area (Å²) in [6.07, 6.45) is 0. The monoisotopic (exact) mass is 396 g/mol. The molecule has 0 unspecified atom stereocenters. The molecular formula is C20H16N2O5S. The van der Waals surface area contributed by atoms with Crippen LogP contribution in [0.2, 0.25) is 0 Å². The summed E-state index contributed by atoms with van der Waals surface area (Å²) in [6.45, 7) is 0. The molecule has 0 bridgehead atoms. The third kappa shape index (κ3) is 3.51. The zero-order valence-corrected chi connectivity index (χ0v) is 15.3. The van der Waals surface area contributed by atoms with Gasteiger partial charge < -0.3 is 11.5 Å².